The molecule has 1 fully saturated rings. The average Bonchev–Trinajstić information content (AvgIpc) is 3.31. The molecule has 1 N–H and O–H groups in total. The monoisotopic (exact) mass is 403 g/mol. The van der Waals surface area contributed by atoms with Crippen LogP contribution in [0.25, 0.3) is 0 Å². The van der Waals surface area contributed by atoms with Gasteiger partial charge >= 0.3 is 0 Å². The number of nitrogens with zero attached hydrogens (tertiary/aromatic N) is 2. The highest BCUT2D eigenvalue weighted by molar-refractivity contribution is 7.98. The first kappa shape index (κ1) is 19.9. The van der Waals surface area contributed by atoms with Crippen LogP contribution >= 0.6 is 23.1 Å². The quantitative estimate of drug-likeness (QED) is 0.721. The summed E-state index contributed by atoms with van der Waals surface area (Å²) < 4.78 is 0. The van der Waals surface area contributed by atoms with E-state index in [1.807, 2.05) is 50.0 Å². The molecule has 0 aliphatic carbocycles. The third-order valence-electron chi connectivity index (χ3n) is 4.90. The average molecular weight is 404 g/mol. The van der Waals surface area contributed by atoms with E-state index in [0.29, 0.717) is 13.1 Å². The highest BCUT2D eigenvalue weighted by Gasteiger charge is 2.35. The summed E-state index contributed by atoms with van der Waals surface area (Å²) in [5.41, 5.74) is 2.06. The van der Waals surface area contributed by atoms with E-state index >= 15 is 0 Å². The molecule has 2 atom stereocenters. The lowest BCUT2D eigenvalue weighted by Gasteiger charge is -2.24. The summed E-state index contributed by atoms with van der Waals surface area (Å²) in [6, 6.07) is 10.1. The lowest BCUT2D eigenvalue weighted by Crippen LogP contribution is -2.38. The molecule has 1 saturated heterocycles. The standard InChI is InChI=1S/C20H25N3O2S2/c1-22(2)18(14-8-9-27-13-14)11-21-20(25)15-10-19(24)23(12-15)16-4-6-17(26-3)7-5-16/h4-9,13,15,18H,10-12H2,1-3H3,(H,21,25). The molecule has 1 aromatic carbocycles. The van der Waals surface area contributed by atoms with E-state index in [-0.39, 0.29) is 30.2 Å². The van der Waals surface area contributed by atoms with Crippen LogP contribution in [0.1, 0.15) is 18.0 Å². The Labute approximate surface area is 168 Å². The number of carbonyl (C=O) groups excluding carboxylic acids is 2. The molecule has 2 amide bonds. The number of thiophene rings is 1. The fourth-order valence-electron chi connectivity index (χ4n) is 3.30. The van der Waals surface area contributed by atoms with E-state index in [1.165, 1.54) is 5.56 Å². The first-order chi connectivity index (χ1) is 13.0. The van der Waals surface area contributed by atoms with Gasteiger partial charge in [0.15, 0.2) is 0 Å². The molecule has 5 nitrogen and oxygen atoms in total. The number of benzene rings is 1. The van der Waals surface area contributed by atoms with Crippen molar-refractivity contribution in [3.63, 3.8) is 0 Å². The van der Waals surface area contributed by atoms with Crippen LogP contribution in [-0.4, -0.2) is 50.2 Å². The summed E-state index contributed by atoms with van der Waals surface area (Å²) in [6.07, 6.45) is 2.29. The van der Waals surface area contributed by atoms with Gasteiger partial charge in [-0.05, 0) is 67.0 Å². The molecule has 0 saturated carbocycles. The molecule has 1 aromatic heterocycles. The van der Waals surface area contributed by atoms with Crippen molar-refractivity contribution in [1.82, 2.24) is 10.2 Å². The third-order valence-corrected chi connectivity index (χ3v) is 6.35. The first-order valence-corrected chi connectivity index (χ1v) is 11.1. The predicted octanol–water partition coefficient (Wildman–Crippen LogP) is 3.24. The largest absolute Gasteiger partial charge is 0.354 e. The lowest BCUT2D eigenvalue weighted by atomic mass is 10.1. The van der Waals surface area contributed by atoms with Gasteiger partial charge in [-0.1, -0.05) is 0 Å². The Morgan fingerprint density at radius 3 is 2.67 bits per heavy atom. The van der Waals surface area contributed by atoms with Crippen LogP contribution in [0.5, 0.6) is 0 Å². The first-order valence-electron chi connectivity index (χ1n) is 8.90. The molecule has 2 unspecified atom stereocenters. The number of hydrogen-bond donors (Lipinski definition) is 1. The molecule has 7 heteroatoms. The highest BCUT2D eigenvalue weighted by atomic mass is 32.2. The predicted molar refractivity (Wildman–Crippen MR) is 112 cm³/mol. The van der Waals surface area contributed by atoms with Crippen molar-refractivity contribution in [2.75, 3.05) is 38.3 Å². The number of nitrogens with one attached hydrogen (secondary N) is 1. The van der Waals surface area contributed by atoms with E-state index in [0.717, 1.165) is 10.6 Å². The number of likely N-dealkylation sites (N-methyl/N-ethyl adjacent to an activating group) is 1. The lowest BCUT2D eigenvalue weighted by molar-refractivity contribution is -0.126. The molecule has 144 valence electrons. The van der Waals surface area contributed by atoms with Crippen molar-refractivity contribution in [1.29, 1.82) is 0 Å². The highest BCUT2D eigenvalue weighted by Crippen LogP contribution is 2.27. The van der Waals surface area contributed by atoms with Gasteiger partial charge in [-0.3, -0.25) is 9.59 Å². The summed E-state index contributed by atoms with van der Waals surface area (Å²) in [5.74, 6) is -0.342. The van der Waals surface area contributed by atoms with Crippen molar-refractivity contribution in [3.8, 4) is 0 Å². The summed E-state index contributed by atoms with van der Waals surface area (Å²) in [5, 5.41) is 7.20. The second kappa shape index (κ2) is 8.91. The summed E-state index contributed by atoms with van der Waals surface area (Å²) in [6.45, 7) is 0.976. The van der Waals surface area contributed by atoms with Gasteiger partial charge in [0.05, 0.1) is 12.0 Å². The number of hydrogen-bond acceptors (Lipinski definition) is 5. The number of amides is 2. The maximum Gasteiger partial charge on any atom is 0.227 e. The molecule has 0 spiro atoms. The Morgan fingerprint density at radius 2 is 2.07 bits per heavy atom. The fraction of sp³-hybridized carbons (Fsp3) is 0.400. The van der Waals surface area contributed by atoms with Gasteiger partial charge in [0.2, 0.25) is 11.8 Å². The number of rotatable bonds is 7. The van der Waals surface area contributed by atoms with Crippen molar-refractivity contribution >= 4 is 40.6 Å². The van der Waals surface area contributed by atoms with Crippen molar-refractivity contribution in [3.05, 3.63) is 46.7 Å². The maximum atomic E-state index is 12.7. The van der Waals surface area contributed by atoms with Crippen LogP contribution in [0, 0.1) is 5.92 Å². The molecule has 0 radical (unpaired) electrons. The molecular weight excluding hydrogens is 378 g/mol. The van der Waals surface area contributed by atoms with E-state index in [9.17, 15) is 9.59 Å². The van der Waals surface area contributed by atoms with E-state index in [1.54, 1.807) is 28.0 Å². The number of anilines is 1. The molecule has 2 heterocycles. The molecule has 0 bridgehead atoms. The molecule has 27 heavy (non-hydrogen) atoms. The zero-order valence-electron chi connectivity index (χ0n) is 15.8. The van der Waals surface area contributed by atoms with Gasteiger partial charge in [-0.2, -0.15) is 11.3 Å². The molecule has 1 aliphatic rings. The Morgan fingerprint density at radius 1 is 1.33 bits per heavy atom. The molecule has 2 aromatic rings. The maximum absolute atomic E-state index is 12.7. The van der Waals surface area contributed by atoms with E-state index in [2.05, 4.69) is 21.7 Å². The van der Waals surface area contributed by atoms with Gasteiger partial charge in [0.1, 0.15) is 0 Å². The minimum absolute atomic E-state index is 0.00838. The Balaban J connectivity index is 1.60. The van der Waals surface area contributed by atoms with E-state index < -0.39 is 0 Å². The van der Waals surface area contributed by atoms with Gasteiger partial charge in [-0.25, -0.2) is 0 Å². The zero-order chi connectivity index (χ0) is 19.4. The van der Waals surface area contributed by atoms with Gasteiger partial charge in [0, 0.05) is 30.1 Å². The summed E-state index contributed by atoms with van der Waals surface area (Å²) >= 11 is 3.32. The fourth-order valence-corrected chi connectivity index (χ4v) is 4.41. The smallest absolute Gasteiger partial charge is 0.227 e. The van der Waals surface area contributed by atoms with Crippen LogP contribution in [0.15, 0.2) is 46.0 Å². The van der Waals surface area contributed by atoms with Gasteiger partial charge in [0.25, 0.3) is 0 Å². The minimum Gasteiger partial charge on any atom is -0.354 e. The number of thioether (sulfide) groups is 1. The molecule has 3 rings (SSSR count). The van der Waals surface area contributed by atoms with E-state index in [4.69, 9.17) is 0 Å². The molecular formula is C20H25N3O2S2. The van der Waals surface area contributed by atoms with Crippen molar-refractivity contribution in [2.45, 2.75) is 17.4 Å². The number of carbonyl (C=O) groups is 2. The van der Waals surface area contributed by atoms with Gasteiger partial charge < -0.3 is 15.1 Å². The van der Waals surface area contributed by atoms with Gasteiger partial charge in [-0.15, -0.1) is 11.8 Å². The molecule has 1 aliphatic heterocycles. The van der Waals surface area contributed by atoms with Crippen LogP contribution in [0.3, 0.4) is 0 Å². The second-order valence-electron chi connectivity index (χ2n) is 6.88. The SMILES string of the molecule is CSc1ccc(N2CC(C(=O)NCC(c3ccsc3)N(C)C)CC2=O)cc1. The summed E-state index contributed by atoms with van der Waals surface area (Å²) in [4.78, 5) is 30.0. The Bertz CT molecular complexity index is 775. The van der Waals surface area contributed by atoms with Crippen LogP contribution in [0.4, 0.5) is 5.69 Å². The summed E-state index contributed by atoms with van der Waals surface area (Å²) in [7, 11) is 4.02. The van der Waals surface area contributed by atoms with Crippen molar-refractivity contribution in [2.24, 2.45) is 5.92 Å². The van der Waals surface area contributed by atoms with Crippen molar-refractivity contribution < 1.29 is 9.59 Å². The Kier molecular flexibility index (Phi) is 6.57. The topological polar surface area (TPSA) is 52.7 Å². The third kappa shape index (κ3) is 4.72. The minimum atomic E-state index is -0.303. The Hall–Kier alpha value is -1.83. The van der Waals surface area contributed by atoms with Crippen LogP contribution in [-0.2, 0) is 9.59 Å². The van der Waals surface area contributed by atoms with Crippen LogP contribution in [0.2, 0.25) is 0 Å². The second-order valence-corrected chi connectivity index (χ2v) is 8.54. The van der Waals surface area contributed by atoms with Crippen LogP contribution < -0.4 is 10.2 Å². The zero-order valence-corrected chi connectivity index (χ0v) is 17.5. The normalized spacial score (nSPS) is 18.1.